The van der Waals surface area contributed by atoms with Gasteiger partial charge in [0.2, 0.25) is 0 Å². The summed E-state index contributed by atoms with van der Waals surface area (Å²) < 4.78 is 10.9. The van der Waals surface area contributed by atoms with E-state index in [1.807, 2.05) is 23.6 Å². The molecule has 1 aromatic heterocycles. The summed E-state index contributed by atoms with van der Waals surface area (Å²) in [6.45, 7) is 6.83. The summed E-state index contributed by atoms with van der Waals surface area (Å²) in [4.78, 5) is 31.2. The summed E-state index contributed by atoms with van der Waals surface area (Å²) in [5.74, 6) is -0.437. The van der Waals surface area contributed by atoms with Crippen LogP contribution < -0.4 is 5.32 Å². The van der Waals surface area contributed by atoms with Gasteiger partial charge in [0.1, 0.15) is 10.6 Å². The fourth-order valence-corrected chi connectivity index (χ4v) is 3.24. The Morgan fingerprint density at radius 2 is 1.97 bits per heavy atom. The quantitative estimate of drug-likeness (QED) is 0.623. The van der Waals surface area contributed by atoms with E-state index in [1.165, 1.54) is 7.11 Å². The first-order valence-corrected chi connectivity index (χ1v) is 10.4. The van der Waals surface area contributed by atoms with Gasteiger partial charge in [-0.25, -0.2) is 14.7 Å². The van der Waals surface area contributed by atoms with Crippen molar-refractivity contribution in [3.05, 3.63) is 52.5 Å². The maximum absolute atomic E-state index is 13.1. The third-order valence-corrected chi connectivity index (χ3v) is 4.72. The van der Waals surface area contributed by atoms with Gasteiger partial charge in [-0.3, -0.25) is 4.79 Å². The zero-order valence-corrected chi connectivity index (χ0v) is 18.2. The van der Waals surface area contributed by atoms with Gasteiger partial charge in [0.15, 0.2) is 6.10 Å². The highest BCUT2D eigenvalue weighted by Gasteiger charge is 2.32. The molecule has 1 heterocycles. The molecular formula is C21H29N3O4S. The molecule has 0 fully saturated rings. The van der Waals surface area contributed by atoms with Gasteiger partial charge in [-0.05, 0) is 39.3 Å². The number of nitrogens with one attached hydrogen (secondary N) is 1. The molecule has 1 atom stereocenters. The zero-order chi connectivity index (χ0) is 21.3. The molecule has 1 N–H and O–H groups in total. The van der Waals surface area contributed by atoms with E-state index in [9.17, 15) is 9.59 Å². The monoisotopic (exact) mass is 419 g/mol. The minimum absolute atomic E-state index is 0.227. The van der Waals surface area contributed by atoms with Crippen LogP contribution in [0.15, 0.2) is 41.9 Å². The van der Waals surface area contributed by atoms with Gasteiger partial charge in [-0.2, -0.15) is 0 Å². The van der Waals surface area contributed by atoms with Crippen molar-refractivity contribution in [2.75, 3.05) is 20.2 Å². The van der Waals surface area contributed by atoms with Crippen LogP contribution in [0.4, 0.5) is 4.79 Å². The summed E-state index contributed by atoms with van der Waals surface area (Å²) >= 11 is 1.58. The van der Waals surface area contributed by atoms with Crippen molar-refractivity contribution in [1.29, 1.82) is 0 Å². The first-order chi connectivity index (χ1) is 13.8. The first kappa shape index (κ1) is 23.0. The Morgan fingerprint density at radius 1 is 1.24 bits per heavy atom. The average molecular weight is 420 g/mol. The highest BCUT2D eigenvalue weighted by atomic mass is 32.1. The van der Waals surface area contributed by atoms with Gasteiger partial charge in [0.25, 0.3) is 5.91 Å². The standard InChI is InChI=1S/C21H29N3O4S/c1-21(2,3)28-20(26)24(13-8-11-22-15-17-23-12-14-29-17)19(25)18(27-4)16-9-6-5-7-10-16/h5-7,9-10,12,14,18,22H,8,11,13,15H2,1-4H3/t18-/m0/s1. The Hall–Kier alpha value is -2.29. The molecule has 1 aromatic carbocycles. The molecule has 0 aliphatic rings. The summed E-state index contributed by atoms with van der Waals surface area (Å²) in [7, 11) is 1.46. The lowest BCUT2D eigenvalue weighted by Crippen LogP contribution is -2.44. The molecule has 2 rings (SSSR count). The van der Waals surface area contributed by atoms with Gasteiger partial charge in [0, 0.05) is 31.8 Å². The molecule has 0 bridgehead atoms. The number of hydrogen-bond donors (Lipinski definition) is 1. The van der Waals surface area contributed by atoms with Crippen molar-refractivity contribution >= 4 is 23.3 Å². The minimum Gasteiger partial charge on any atom is -0.443 e. The van der Waals surface area contributed by atoms with E-state index in [0.717, 1.165) is 9.91 Å². The highest BCUT2D eigenvalue weighted by Crippen LogP contribution is 2.21. The SMILES string of the molecule is CO[C@H](C(=O)N(CCCNCc1nccs1)C(=O)OC(C)(C)C)c1ccccc1. The Labute approximate surface area is 176 Å². The van der Waals surface area contributed by atoms with E-state index in [0.29, 0.717) is 25.1 Å². The normalized spacial score (nSPS) is 12.4. The maximum Gasteiger partial charge on any atom is 0.417 e. The van der Waals surface area contributed by atoms with E-state index in [4.69, 9.17) is 9.47 Å². The number of rotatable bonds is 9. The molecule has 0 aliphatic heterocycles. The summed E-state index contributed by atoms with van der Waals surface area (Å²) in [6.07, 6.45) is 0.813. The van der Waals surface area contributed by atoms with Gasteiger partial charge in [0.05, 0.1) is 0 Å². The number of thiazole rings is 1. The fraction of sp³-hybridized carbons (Fsp3) is 0.476. The van der Waals surface area contributed by atoms with E-state index < -0.39 is 23.7 Å². The van der Waals surface area contributed by atoms with Crippen LogP contribution in [0.3, 0.4) is 0 Å². The number of benzene rings is 1. The van der Waals surface area contributed by atoms with Crippen LogP contribution in [0.5, 0.6) is 0 Å². The van der Waals surface area contributed by atoms with Crippen LogP contribution in [0.25, 0.3) is 0 Å². The summed E-state index contributed by atoms with van der Waals surface area (Å²) in [5, 5.41) is 6.19. The van der Waals surface area contributed by atoms with Crippen LogP contribution in [0, 0.1) is 0 Å². The molecule has 0 radical (unpaired) electrons. The van der Waals surface area contributed by atoms with Crippen LogP contribution in [-0.2, 0) is 20.8 Å². The maximum atomic E-state index is 13.1. The number of hydrogen-bond acceptors (Lipinski definition) is 7. The van der Waals surface area contributed by atoms with Gasteiger partial charge < -0.3 is 14.8 Å². The number of imide groups is 1. The number of carbonyl (C=O) groups excluding carboxylic acids is 2. The predicted molar refractivity (Wildman–Crippen MR) is 113 cm³/mol. The van der Waals surface area contributed by atoms with Crippen molar-refractivity contribution in [2.45, 2.75) is 45.4 Å². The molecule has 0 saturated carbocycles. The predicted octanol–water partition coefficient (Wildman–Crippen LogP) is 3.77. The Balaban J connectivity index is 2.02. The van der Waals surface area contributed by atoms with E-state index in [2.05, 4.69) is 10.3 Å². The number of methoxy groups -OCH3 is 1. The largest absolute Gasteiger partial charge is 0.443 e. The van der Waals surface area contributed by atoms with Gasteiger partial charge >= 0.3 is 6.09 Å². The molecule has 0 aliphatic carbocycles. The highest BCUT2D eigenvalue weighted by molar-refractivity contribution is 7.09. The minimum atomic E-state index is -0.869. The summed E-state index contributed by atoms with van der Waals surface area (Å²) in [5.41, 5.74) is -0.0101. The Kier molecular flexibility index (Phi) is 8.75. The second-order valence-electron chi connectivity index (χ2n) is 7.45. The zero-order valence-electron chi connectivity index (χ0n) is 17.4. The lowest BCUT2D eigenvalue weighted by Gasteiger charge is -2.28. The van der Waals surface area contributed by atoms with Crippen molar-refractivity contribution in [3.63, 3.8) is 0 Å². The van der Waals surface area contributed by atoms with Gasteiger partial charge in [-0.15, -0.1) is 11.3 Å². The average Bonchev–Trinajstić information content (AvgIpc) is 3.18. The molecule has 158 valence electrons. The van der Waals surface area contributed by atoms with Crippen LogP contribution in [0.2, 0.25) is 0 Å². The van der Waals surface area contributed by atoms with Crippen molar-refractivity contribution < 1.29 is 19.1 Å². The molecular weight excluding hydrogens is 390 g/mol. The van der Waals surface area contributed by atoms with Crippen molar-refractivity contribution in [3.8, 4) is 0 Å². The number of ether oxygens (including phenoxy) is 2. The van der Waals surface area contributed by atoms with Crippen molar-refractivity contribution in [2.24, 2.45) is 0 Å². The molecule has 0 saturated heterocycles. The van der Waals surface area contributed by atoms with E-state index >= 15 is 0 Å². The lowest BCUT2D eigenvalue weighted by atomic mass is 10.1. The smallest absolute Gasteiger partial charge is 0.417 e. The van der Waals surface area contributed by atoms with Crippen LogP contribution in [-0.4, -0.2) is 47.7 Å². The molecule has 2 amide bonds. The number of aromatic nitrogens is 1. The van der Waals surface area contributed by atoms with Crippen molar-refractivity contribution in [1.82, 2.24) is 15.2 Å². The van der Waals surface area contributed by atoms with Gasteiger partial charge in [-0.1, -0.05) is 30.3 Å². The summed E-state index contributed by atoms with van der Waals surface area (Å²) in [6, 6.07) is 9.12. The molecule has 0 unspecified atom stereocenters. The number of amides is 2. The third-order valence-electron chi connectivity index (χ3n) is 3.94. The molecule has 2 aromatic rings. The molecule has 8 heteroatoms. The fourth-order valence-electron chi connectivity index (χ4n) is 2.66. The molecule has 7 nitrogen and oxygen atoms in total. The first-order valence-electron chi connectivity index (χ1n) is 9.53. The van der Waals surface area contributed by atoms with Crippen LogP contribution in [0.1, 0.15) is 43.9 Å². The number of nitrogens with zero attached hydrogens (tertiary/aromatic N) is 2. The third kappa shape index (κ3) is 7.56. The van der Waals surface area contributed by atoms with E-state index in [-0.39, 0.29) is 6.54 Å². The Bertz CT molecular complexity index is 760. The Morgan fingerprint density at radius 3 is 2.55 bits per heavy atom. The van der Waals surface area contributed by atoms with Crippen LogP contribution >= 0.6 is 11.3 Å². The molecule has 29 heavy (non-hydrogen) atoms. The topological polar surface area (TPSA) is 80.8 Å². The number of carbonyl (C=O) groups is 2. The molecule has 0 spiro atoms. The second kappa shape index (κ2) is 11.0. The van der Waals surface area contributed by atoms with E-state index in [1.54, 1.807) is 50.4 Å². The second-order valence-corrected chi connectivity index (χ2v) is 8.43. The lowest BCUT2D eigenvalue weighted by molar-refractivity contribution is -0.141.